The van der Waals surface area contributed by atoms with Gasteiger partial charge in [0.25, 0.3) is 0 Å². The molecule has 3 fully saturated rings. The fraction of sp³-hybridized carbons (Fsp3) is 0.370. The molecule has 0 saturated heterocycles. The molecule has 3 aliphatic rings. The Bertz CT molecular complexity index is 1500. The van der Waals surface area contributed by atoms with Crippen LogP contribution in [0.5, 0.6) is 0 Å². The van der Waals surface area contributed by atoms with Crippen molar-refractivity contribution in [1.29, 1.82) is 5.26 Å². The predicted octanol–water partition coefficient (Wildman–Crippen LogP) is 3.77. The number of nitrogens with zero attached hydrogens (tertiary/aromatic N) is 6. The molecular weight excluding hydrogens is 452 g/mol. The zero-order chi connectivity index (χ0) is 25.0. The van der Waals surface area contributed by atoms with Gasteiger partial charge < -0.3 is 10.6 Å². The van der Waals surface area contributed by atoms with E-state index < -0.39 is 0 Å². The zero-order valence-corrected chi connectivity index (χ0v) is 20.6. The Morgan fingerprint density at radius 1 is 1.08 bits per heavy atom. The molecule has 0 spiro atoms. The molecule has 36 heavy (non-hydrogen) atoms. The number of rotatable bonds is 5. The van der Waals surface area contributed by atoms with Gasteiger partial charge in [-0.15, -0.1) is 0 Å². The van der Waals surface area contributed by atoms with E-state index in [0.29, 0.717) is 23.4 Å². The summed E-state index contributed by atoms with van der Waals surface area (Å²) in [6.45, 7) is 3.78. The minimum absolute atomic E-state index is 0.0512. The van der Waals surface area contributed by atoms with E-state index in [1.54, 1.807) is 22.3 Å². The first-order chi connectivity index (χ1) is 17.3. The van der Waals surface area contributed by atoms with Crippen LogP contribution in [-0.4, -0.2) is 41.9 Å². The van der Waals surface area contributed by atoms with Crippen molar-refractivity contribution in [3.63, 3.8) is 0 Å². The van der Waals surface area contributed by atoms with Gasteiger partial charge in [-0.25, -0.2) is 9.50 Å². The summed E-state index contributed by atoms with van der Waals surface area (Å²) in [7, 11) is 1.89. The highest BCUT2D eigenvalue weighted by molar-refractivity contribution is 5.87. The lowest BCUT2D eigenvalue weighted by Gasteiger charge is -2.60. The molecule has 4 aromatic rings. The molecule has 1 amide bonds. The minimum atomic E-state index is -0.0738. The van der Waals surface area contributed by atoms with Crippen LogP contribution in [0.15, 0.2) is 49.2 Å². The van der Waals surface area contributed by atoms with Crippen LogP contribution in [0.4, 0.5) is 5.82 Å². The number of pyridine rings is 2. The van der Waals surface area contributed by atoms with Gasteiger partial charge in [0, 0.05) is 66.4 Å². The van der Waals surface area contributed by atoms with Crippen molar-refractivity contribution < 1.29 is 4.79 Å². The molecule has 3 aliphatic carbocycles. The second-order valence-corrected chi connectivity index (χ2v) is 10.3. The molecule has 9 nitrogen and oxygen atoms in total. The summed E-state index contributed by atoms with van der Waals surface area (Å²) in [5.41, 5.74) is 4.96. The molecule has 2 bridgehead atoms. The van der Waals surface area contributed by atoms with Crippen LogP contribution >= 0.6 is 0 Å². The number of fused-ring (bicyclic) bond motifs is 3. The summed E-state index contributed by atoms with van der Waals surface area (Å²) < 4.78 is 3.52. The van der Waals surface area contributed by atoms with E-state index in [9.17, 15) is 10.1 Å². The first kappa shape index (κ1) is 22.3. The topological polar surface area (TPSA) is 113 Å². The molecule has 2 N–H and O–H groups in total. The van der Waals surface area contributed by atoms with Crippen molar-refractivity contribution >= 4 is 17.2 Å². The number of carbonyl (C=O) groups excluding carboxylic acids is 1. The van der Waals surface area contributed by atoms with E-state index in [1.807, 2.05) is 44.0 Å². The molecular formula is C27H28N8O. The Labute approximate surface area is 209 Å². The van der Waals surface area contributed by atoms with Gasteiger partial charge in [-0.1, -0.05) is 0 Å². The predicted molar refractivity (Wildman–Crippen MR) is 136 cm³/mol. The summed E-state index contributed by atoms with van der Waals surface area (Å²) in [6, 6.07) is 8.70. The van der Waals surface area contributed by atoms with Crippen LogP contribution in [0, 0.1) is 23.2 Å². The second-order valence-electron chi connectivity index (χ2n) is 10.3. The maximum atomic E-state index is 11.6. The van der Waals surface area contributed by atoms with E-state index in [0.717, 1.165) is 46.4 Å². The van der Waals surface area contributed by atoms with Gasteiger partial charge in [-0.05, 0) is 56.2 Å². The standard InChI is InChI=1S/C27H28N8O/c1-16(36)33-27(2)21-7-22(27)9-23(8-21)32-25-5-4-17(11-29-25)24-6-18(20-13-30-34(3)14-20)15-35-26(24)19(10-28)12-31-35/h4-6,11-15,21-23H,7-9H2,1-3H3,(H,29,32)(H,33,36). The van der Waals surface area contributed by atoms with Gasteiger partial charge >= 0.3 is 0 Å². The van der Waals surface area contributed by atoms with Crippen molar-refractivity contribution in [2.24, 2.45) is 18.9 Å². The molecule has 4 heterocycles. The molecule has 3 saturated carbocycles. The summed E-state index contributed by atoms with van der Waals surface area (Å²) in [4.78, 5) is 16.4. The number of hydrogen-bond donors (Lipinski definition) is 2. The van der Waals surface area contributed by atoms with Crippen LogP contribution in [0.3, 0.4) is 0 Å². The van der Waals surface area contributed by atoms with E-state index in [4.69, 9.17) is 4.98 Å². The van der Waals surface area contributed by atoms with Crippen LogP contribution in [0.25, 0.3) is 27.8 Å². The monoisotopic (exact) mass is 480 g/mol. The van der Waals surface area contributed by atoms with Gasteiger partial charge in [-0.2, -0.15) is 15.5 Å². The molecule has 9 heteroatoms. The van der Waals surface area contributed by atoms with Crippen molar-refractivity contribution in [1.82, 2.24) is 29.7 Å². The van der Waals surface area contributed by atoms with Gasteiger partial charge in [0.1, 0.15) is 11.9 Å². The lowest BCUT2D eigenvalue weighted by atomic mass is 9.51. The largest absolute Gasteiger partial charge is 0.367 e. The molecule has 4 aromatic heterocycles. The Balaban J connectivity index is 1.26. The highest BCUT2D eigenvalue weighted by Gasteiger charge is 2.56. The van der Waals surface area contributed by atoms with Crippen molar-refractivity contribution in [3.8, 4) is 28.3 Å². The molecule has 0 radical (unpaired) electrons. The molecule has 7 rings (SSSR count). The second kappa shape index (κ2) is 8.19. The van der Waals surface area contributed by atoms with Gasteiger partial charge in [0.2, 0.25) is 5.91 Å². The van der Waals surface area contributed by atoms with Crippen LogP contribution in [0.1, 0.15) is 38.7 Å². The number of aryl methyl sites for hydroxylation is 1. The Morgan fingerprint density at radius 2 is 1.89 bits per heavy atom. The molecule has 0 aliphatic heterocycles. The van der Waals surface area contributed by atoms with Crippen LogP contribution < -0.4 is 10.6 Å². The number of nitrogens with one attached hydrogen (secondary N) is 2. The first-order valence-electron chi connectivity index (χ1n) is 12.3. The summed E-state index contributed by atoms with van der Waals surface area (Å²) in [6.07, 6.45) is 12.4. The number of aromatic nitrogens is 5. The number of nitriles is 1. The third-order valence-electron chi connectivity index (χ3n) is 8.05. The highest BCUT2D eigenvalue weighted by Crippen LogP contribution is 2.53. The average molecular weight is 481 g/mol. The van der Waals surface area contributed by atoms with Crippen molar-refractivity contribution in [2.45, 2.75) is 44.7 Å². The zero-order valence-electron chi connectivity index (χ0n) is 20.6. The number of hydrogen-bond acceptors (Lipinski definition) is 6. The number of anilines is 1. The SMILES string of the molecule is CC(=O)NC1(C)C2CC(Nc3ccc(-c4cc(-c5cnn(C)c5)cn5ncc(C#N)c45)cn3)CC1C2. The molecule has 2 unspecified atom stereocenters. The van der Waals surface area contributed by atoms with Crippen LogP contribution in [-0.2, 0) is 11.8 Å². The summed E-state index contributed by atoms with van der Waals surface area (Å²) in [5.74, 6) is 1.87. The van der Waals surface area contributed by atoms with Gasteiger partial charge in [0.15, 0.2) is 0 Å². The van der Waals surface area contributed by atoms with Crippen molar-refractivity contribution in [2.75, 3.05) is 5.32 Å². The maximum Gasteiger partial charge on any atom is 0.217 e. The fourth-order valence-corrected chi connectivity index (χ4v) is 6.17. The quantitative estimate of drug-likeness (QED) is 0.450. The van der Waals surface area contributed by atoms with E-state index in [-0.39, 0.29) is 11.4 Å². The van der Waals surface area contributed by atoms with Gasteiger partial charge in [-0.3, -0.25) is 9.48 Å². The Kier molecular flexibility index (Phi) is 5.07. The highest BCUT2D eigenvalue weighted by atomic mass is 16.1. The molecule has 182 valence electrons. The summed E-state index contributed by atoms with van der Waals surface area (Å²) in [5, 5.41) is 25.1. The van der Waals surface area contributed by atoms with E-state index in [1.165, 1.54) is 6.42 Å². The van der Waals surface area contributed by atoms with E-state index >= 15 is 0 Å². The number of carbonyl (C=O) groups is 1. The maximum absolute atomic E-state index is 11.6. The first-order valence-corrected chi connectivity index (χ1v) is 12.3. The number of amides is 1. The van der Waals surface area contributed by atoms with Crippen molar-refractivity contribution in [3.05, 3.63) is 54.7 Å². The average Bonchev–Trinajstić information content (AvgIpc) is 3.49. The normalized spacial score (nSPS) is 24.7. The third kappa shape index (κ3) is 3.61. The summed E-state index contributed by atoms with van der Waals surface area (Å²) >= 11 is 0. The Morgan fingerprint density at radius 3 is 2.53 bits per heavy atom. The Hall–Kier alpha value is -4.19. The smallest absolute Gasteiger partial charge is 0.217 e. The van der Waals surface area contributed by atoms with E-state index in [2.05, 4.69) is 39.9 Å². The third-order valence-corrected chi connectivity index (χ3v) is 8.05. The lowest BCUT2D eigenvalue weighted by Crippen LogP contribution is -2.68. The lowest BCUT2D eigenvalue weighted by molar-refractivity contribution is -0.128. The fourth-order valence-electron chi connectivity index (χ4n) is 6.17. The van der Waals surface area contributed by atoms with Crippen LogP contribution in [0.2, 0.25) is 0 Å². The molecule has 0 aromatic carbocycles. The van der Waals surface area contributed by atoms with Gasteiger partial charge in [0.05, 0.1) is 23.5 Å². The molecule has 2 atom stereocenters. The minimum Gasteiger partial charge on any atom is -0.367 e.